The molecular formula is C10H16N4O. The van der Waals surface area contributed by atoms with Crippen LogP contribution >= 0.6 is 0 Å². The summed E-state index contributed by atoms with van der Waals surface area (Å²) in [6.07, 6.45) is 6.82. The van der Waals surface area contributed by atoms with E-state index in [2.05, 4.69) is 20.5 Å². The maximum Gasteiger partial charge on any atom is 0.133 e. The Hall–Kier alpha value is -1.49. The lowest BCUT2D eigenvalue weighted by atomic mass is 10.4. The molecule has 0 fully saturated rings. The van der Waals surface area contributed by atoms with Gasteiger partial charge in [-0.3, -0.25) is 0 Å². The maximum atomic E-state index is 4.91. The number of aromatic nitrogens is 2. The number of hydrogen-bond acceptors (Lipinski definition) is 5. The highest BCUT2D eigenvalue weighted by Gasteiger charge is 1.89. The zero-order valence-corrected chi connectivity index (χ0v) is 8.89. The molecule has 15 heavy (non-hydrogen) atoms. The van der Waals surface area contributed by atoms with E-state index in [1.807, 2.05) is 0 Å². The molecule has 1 N–H and O–H groups in total. The highest BCUT2D eigenvalue weighted by molar-refractivity contribution is 5.59. The van der Waals surface area contributed by atoms with Gasteiger partial charge in [0.25, 0.3) is 0 Å². The fourth-order valence-electron chi connectivity index (χ4n) is 0.987. The molecule has 0 saturated carbocycles. The summed E-state index contributed by atoms with van der Waals surface area (Å²) in [4.78, 5) is 8.15. The van der Waals surface area contributed by atoms with Crippen LogP contribution in [0.2, 0.25) is 0 Å². The van der Waals surface area contributed by atoms with Gasteiger partial charge in [0, 0.05) is 45.3 Å². The zero-order chi connectivity index (χ0) is 10.8. The highest BCUT2D eigenvalue weighted by Crippen LogP contribution is 1.85. The number of ether oxygens (including phenoxy) is 1. The second kappa shape index (κ2) is 7.87. The van der Waals surface area contributed by atoms with E-state index in [4.69, 9.17) is 4.74 Å². The van der Waals surface area contributed by atoms with Crippen LogP contribution in [0.1, 0.15) is 12.2 Å². The van der Waals surface area contributed by atoms with Crippen molar-refractivity contribution in [3.8, 4) is 0 Å². The smallest absolute Gasteiger partial charge is 0.133 e. The van der Waals surface area contributed by atoms with E-state index in [0.717, 1.165) is 25.4 Å². The first-order valence-corrected chi connectivity index (χ1v) is 4.92. The lowest BCUT2D eigenvalue weighted by Crippen LogP contribution is -2.10. The molecule has 0 aliphatic heterocycles. The Morgan fingerprint density at radius 3 is 3.00 bits per heavy atom. The minimum absolute atomic E-state index is 0.651. The third kappa shape index (κ3) is 5.74. The van der Waals surface area contributed by atoms with Crippen molar-refractivity contribution >= 4 is 6.21 Å². The van der Waals surface area contributed by atoms with Crippen LogP contribution in [0.5, 0.6) is 0 Å². The lowest BCUT2D eigenvalue weighted by Gasteiger charge is -1.98. The predicted octanol–water partition coefficient (Wildman–Crippen LogP) is 0.631. The number of rotatable bonds is 7. The molecule has 0 amide bonds. The van der Waals surface area contributed by atoms with E-state index >= 15 is 0 Å². The lowest BCUT2D eigenvalue weighted by molar-refractivity contribution is 0.194. The van der Waals surface area contributed by atoms with Gasteiger partial charge in [0.15, 0.2) is 0 Å². The minimum atomic E-state index is 0.651. The summed E-state index contributed by atoms with van der Waals surface area (Å²) in [5.41, 5.74) is 2.92. The van der Waals surface area contributed by atoms with Crippen molar-refractivity contribution in [2.24, 2.45) is 5.10 Å². The second-order valence-electron chi connectivity index (χ2n) is 2.94. The van der Waals surface area contributed by atoms with Crippen molar-refractivity contribution in [1.29, 1.82) is 0 Å². The molecule has 82 valence electrons. The van der Waals surface area contributed by atoms with Gasteiger partial charge in [-0.2, -0.15) is 5.10 Å². The summed E-state index contributed by atoms with van der Waals surface area (Å²) in [5, 5.41) is 4.03. The first-order valence-electron chi connectivity index (χ1n) is 4.92. The van der Waals surface area contributed by atoms with Crippen molar-refractivity contribution in [2.75, 3.05) is 20.3 Å². The topological polar surface area (TPSA) is 59.4 Å². The van der Waals surface area contributed by atoms with E-state index < -0.39 is 0 Å². The van der Waals surface area contributed by atoms with Crippen molar-refractivity contribution in [2.45, 2.75) is 12.8 Å². The molecule has 0 spiro atoms. The van der Waals surface area contributed by atoms with Gasteiger partial charge in [-0.05, 0) is 12.5 Å². The van der Waals surface area contributed by atoms with Crippen molar-refractivity contribution < 1.29 is 4.74 Å². The van der Waals surface area contributed by atoms with Crippen LogP contribution < -0.4 is 5.43 Å². The first-order chi connectivity index (χ1) is 7.43. The fourth-order valence-corrected chi connectivity index (χ4v) is 0.987. The van der Waals surface area contributed by atoms with Gasteiger partial charge in [-0.15, -0.1) is 0 Å². The summed E-state index contributed by atoms with van der Waals surface area (Å²) < 4.78 is 4.91. The van der Waals surface area contributed by atoms with Crippen LogP contribution in [0.25, 0.3) is 0 Å². The standard InChI is InChI=1S/C10H16N4O/c1-15-9-3-7-13-14-8-4-10-11-5-2-6-12-10/h2,5-6,8,13H,3-4,7,9H2,1H3/b14-8+. The average Bonchev–Trinajstić information content (AvgIpc) is 2.29. The molecule has 0 saturated heterocycles. The Bertz CT molecular complexity index is 276. The molecule has 0 unspecified atom stereocenters. The molecule has 1 rings (SSSR count). The minimum Gasteiger partial charge on any atom is -0.385 e. The molecule has 1 aromatic heterocycles. The van der Waals surface area contributed by atoms with E-state index in [0.29, 0.717) is 6.42 Å². The Morgan fingerprint density at radius 1 is 1.47 bits per heavy atom. The van der Waals surface area contributed by atoms with Gasteiger partial charge in [-0.25, -0.2) is 9.97 Å². The van der Waals surface area contributed by atoms with Gasteiger partial charge >= 0.3 is 0 Å². The molecule has 0 radical (unpaired) electrons. The summed E-state index contributed by atoms with van der Waals surface area (Å²) in [6, 6.07) is 1.80. The normalized spacial score (nSPS) is 10.7. The van der Waals surface area contributed by atoms with Crippen LogP contribution in [0.3, 0.4) is 0 Å². The molecule has 0 aromatic carbocycles. The SMILES string of the molecule is COCCCN/N=C/Cc1ncccn1. The van der Waals surface area contributed by atoms with Crippen LogP contribution in [0.15, 0.2) is 23.6 Å². The number of nitrogens with one attached hydrogen (secondary N) is 1. The molecule has 1 heterocycles. The van der Waals surface area contributed by atoms with E-state index in [1.54, 1.807) is 31.8 Å². The van der Waals surface area contributed by atoms with Gasteiger partial charge < -0.3 is 10.2 Å². The Kier molecular flexibility index (Phi) is 6.08. The summed E-state index contributed by atoms with van der Waals surface area (Å²) in [5.74, 6) is 0.778. The zero-order valence-electron chi connectivity index (χ0n) is 8.89. The van der Waals surface area contributed by atoms with Crippen molar-refractivity contribution in [1.82, 2.24) is 15.4 Å². The first kappa shape index (κ1) is 11.6. The number of hydrazone groups is 1. The van der Waals surface area contributed by atoms with E-state index in [9.17, 15) is 0 Å². The van der Waals surface area contributed by atoms with Crippen LogP contribution in [-0.4, -0.2) is 36.4 Å². The Balaban J connectivity index is 2.07. The molecule has 0 aliphatic carbocycles. The quantitative estimate of drug-likeness (QED) is 0.405. The van der Waals surface area contributed by atoms with Gasteiger partial charge in [0.2, 0.25) is 0 Å². The second-order valence-corrected chi connectivity index (χ2v) is 2.94. The molecule has 0 atom stereocenters. The molecule has 5 heteroatoms. The van der Waals surface area contributed by atoms with Gasteiger partial charge in [-0.1, -0.05) is 0 Å². The number of hydrogen-bond donors (Lipinski definition) is 1. The highest BCUT2D eigenvalue weighted by atomic mass is 16.5. The molecular weight excluding hydrogens is 192 g/mol. The number of nitrogens with zero attached hydrogens (tertiary/aromatic N) is 3. The monoisotopic (exact) mass is 208 g/mol. The fraction of sp³-hybridized carbons (Fsp3) is 0.500. The van der Waals surface area contributed by atoms with E-state index in [1.165, 1.54) is 0 Å². The third-order valence-corrected chi connectivity index (χ3v) is 1.71. The summed E-state index contributed by atoms with van der Waals surface area (Å²) in [7, 11) is 1.69. The van der Waals surface area contributed by atoms with Crippen LogP contribution in [0.4, 0.5) is 0 Å². The predicted molar refractivity (Wildman–Crippen MR) is 58.7 cm³/mol. The summed E-state index contributed by atoms with van der Waals surface area (Å²) >= 11 is 0. The largest absolute Gasteiger partial charge is 0.385 e. The maximum absolute atomic E-state index is 4.91. The van der Waals surface area contributed by atoms with Crippen molar-refractivity contribution in [3.63, 3.8) is 0 Å². The van der Waals surface area contributed by atoms with E-state index in [-0.39, 0.29) is 0 Å². The molecule has 5 nitrogen and oxygen atoms in total. The Morgan fingerprint density at radius 2 is 2.27 bits per heavy atom. The summed E-state index contributed by atoms with van der Waals surface area (Å²) in [6.45, 7) is 1.57. The number of methoxy groups -OCH3 is 1. The van der Waals surface area contributed by atoms with Crippen LogP contribution in [-0.2, 0) is 11.2 Å². The molecule has 0 aliphatic rings. The van der Waals surface area contributed by atoms with Crippen LogP contribution in [0, 0.1) is 0 Å². The molecule has 0 bridgehead atoms. The van der Waals surface area contributed by atoms with Gasteiger partial charge in [0.05, 0.1) is 0 Å². The Labute approximate surface area is 89.6 Å². The van der Waals surface area contributed by atoms with Crippen molar-refractivity contribution in [3.05, 3.63) is 24.3 Å². The van der Waals surface area contributed by atoms with Gasteiger partial charge in [0.1, 0.15) is 5.82 Å². The average molecular weight is 208 g/mol. The molecule has 1 aromatic rings. The third-order valence-electron chi connectivity index (χ3n) is 1.71.